The minimum absolute atomic E-state index is 0. The molecule has 0 bridgehead atoms. The van der Waals surface area contributed by atoms with Crippen molar-refractivity contribution in [2.75, 3.05) is 0 Å². The van der Waals surface area contributed by atoms with Crippen molar-refractivity contribution in [2.24, 2.45) is 0 Å². The number of hydrogen-bond donors (Lipinski definition) is 0. The second kappa shape index (κ2) is 14.5. The Morgan fingerprint density at radius 3 is 2.43 bits per heavy atom. The summed E-state index contributed by atoms with van der Waals surface area (Å²) >= 11 is 0. The first-order chi connectivity index (χ1) is 24.5. The van der Waals surface area contributed by atoms with E-state index in [4.69, 9.17) is 11.3 Å². The third-order valence-electron chi connectivity index (χ3n) is 7.73. The van der Waals surface area contributed by atoms with E-state index in [2.05, 4.69) is 53.9 Å². The van der Waals surface area contributed by atoms with Gasteiger partial charge in [-0.3, -0.25) is 0 Å². The Balaban J connectivity index is 0.000000325. The van der Waals surface area contributed by atoms with Crippen LogP contribution in [0.4, 0.5) is 0 Å². The Hall–Kier alpha value is -4.44. The van der Waals surface area contributed by atoms with Crippen LogP contribution in [0.2, 0.25) is 0 Å². The largest absolute Gasteiger partial charge is 0.486 e. The molecule has 0 unspecified atom stereocenters. The average molecular weight is 800 g/mol. The van der Waals surface area contributed by atoms with Crippen LogP contribution in [-0.4, -0.2) is 15.0 Å². The maximum Gasteiger partial charge on any atom is 0.216 e. The van der Waals surface area contributed by atoms with Crippen LogP contribution in [0.5, 0.6) is 0 Å². The summed E-state index contributed by atoms with van der Waals surface area (Å²) in [4.78, 5) is 13.0. The van der Waals surface area contributed by atoms with Crippen LogP contribution in [0.15, 0.2) is 114 Å². The van der Waals surface area contributed by atoms with E-state index in [-0.39, 0.29) is 36.9 Å². The molecule has 0 aliphatic heterocycles. The van der Waals surface area contributed by atoms with Crippen LogP contribution < -0.4 is 0 Å². The number of benzene rings is 3. The molecular formula is C42H39IrN3O-2. The molecule has 239 valence electrons. The molecule has 0 spiro atoms. The predicted molar refractivity (Wildman–Crippen MR) is 189 cm³/mol. The summed E-state index contributed by atoms with van der Waals surface area (Å²) in [7, 11) is 0. The smallest absolute Gasteiger partial charge is 0.216 e. The Bertz CT molecular complexity index is 2330. The first-order valence-corrected chi connectivity index (χ1v) is 15.2. The molecule has 0 saturated carbocycles. The summed E-state index contributed by atoms with van der Waals surface area (Å²) in [5.41, 5.74) is 6.68. The molecule has 0 aliphatic rings. The number of furan rings is 1. The Labute approximate surface area is 300 Å². The van der Waals surface area contributed by atoms with E-state index in [0.717, 1.165) is 22.2 Å². The average Bonchev–Trinajstić information content (AvgIpc) is 3.50. The molecule has 1 radical (unpaired) electrons. The van der Waals surface area contributed by atoms with Crippen LogP contribution in [0.3, 0.4) is 0 Å². The van der Waals surface area contributed by atoms with Crippen LogP contribution in [0, 0.1) is 25.9 Å². The van der Waals surface area contributed by atoms with E-state index < -0.39 is 19.1 Å². The molecule has 7 rings (SSSR count). The normalized spacial score (nSPS) is 15.0. The molecule has 1 atom stereocenters. The van der Waals surface area contributed by atoms with Gasteiger partial charge in [0.25, 0.3) is 0 Å². The summed E-state index contributed by atoms with van der Waals surface area (Å²) in [6.07, 6.45) is 1.42. The Morgan fingerprint density at radius 2 is 1.72 bits per heavy atom. The molecule has 5 heteroatoms. The molecule has 0 N–H and O–H groups in total. The third kappa shape index (κ3) is 7.93. The Morgan fingerprint density at radius 1 is 0.894 bits per heavy atom. The summed E-state index contributed by atoms with van der Waals surface area (Å²) in [5, 5.41) is 1.41. The van der Waals surface area contributed by atoms with Crippen molar-refractivity contribution >= 4 is 22.1 Å². The number of aromatic nitrogens is 3. The zero-order valence-electron chi connectivity index (χ0n) is 33.0. The van der Waals surface area contributed by atoms with Crippen molar-refractivity contribution in [2.45, 2.75) is 59.2 Å². The summed E-state index contributed by atoms with van der Waals surface area (Å²) in [5.74, 6) is -1.65. The fourth-order valence-corrected chi connectivity index (χ4v) is 5.14. The van der Waals surface area contributed by atoms with Gasteiger partial charge in [-0.2, -0.15) is 0 Å². The van der Waals surface area contributed by atoms with Crippen molar-refractivity contribution in [3.63, 3.8) is 0 Å². The van der Waals surface area contributed by atoms with Gasteiger partial charge in [0.1, 0.15) is 0 Å². The predicted octanol–water partition coefficient (Wildman–Crippen LogP) is 10.7. The first kappa shape index (κ1) is 26.6. The summed E-state index contributed by atoms with van der Waals surface area (Å²) in [6.45, 7) is 7.55. The van der Waals surface area contributed by atoms with Gasteiger partial charge >= 0.3 is 0 Å². The molecule has 7 aromatic rings. The fraction of sp³-hybridized carbons (Fsp3) is 0.214. The van der Waals surface area contributed by atoms with Gasteiger partial charge in [0, 0.05) is 51.8 Å². The van der Waals surface area contributed by atoms with Crippen LogP contribution in [-0.2, 0) is 31.9 Å². The molecule has 3 aromatic carbocycles. The maximum absolute atomic E-state index is 9.18. The van der Waals surface area contributed by atoms with Crippen molar-refractivity contribution in [3.8, 4) is 22.5 Å². The first-order valence-electron chi connectivity index (χ1n) is 18.2. The van der Waals surface area contributed by atoms with Gasteiger partial charge in [0.05, 0.1) is 5.58 Å². The van der Waals surface area contributed by atoms with Crippen molar-refractivity contribution in [1.82, 2.24) is 15.0 Å². The third-order valence-corrected chi connectivity index (χ3v) is 7.73. The van der Waals surface area contributed by atoms with Crippen molar-refractivity contribution < 1.29 is 32.7 Å². The second-order valence-corrected chi connectivity index (χ2v) is 12.3. The van der Waals surface area contributed by atoms with Gasteiger partial charge in [-0.1, -0.05) is 86.7 Å². The number of fused-ring (bicyclic) bond motifs is 3. The van der Waals surface area contributed by atoms with Gasteiger partial charge in [-0.05, 0) is 77.7 Å². The molecule has 0 amide bonds. The van der Waals surface area contributed by atoms with E-state index >= 15 is 0 Å². The van der Waals surface area contributed by atoms with E-state index in [1.54, 1.807) is 49.5 Å². The molecule has 0 saturated heterocycles. The molecule has 4 heterocycles. The fourth-order valence-electron chi connectivity index (χ4n) is 5.14. The topological polar surface area (TPSA) is 51.8 Å². The molecule has 4 nitrogen and oxygen atoms in total. The van der Waals surface area contributed by atoms with Crippen LogP contribution in [0.25, 0.3) is 44.6 Å². The van der Waals surface area contributed by atoms with Gasteiger partial charge in [-0.15, -0.1) is 54.1 Å². The SMILES string of the molecule is Cc1ccc(-c2[c-]cccc2)nc1.[2H]C([2H])([2H])c1ccc2c(n1)oc1c(-c3cc([C@]([2H])(C)C([2H])([2H])c4ccc(C(C)(C)C)cc4)ccn3)[c-]ccc12.[Ir]. The second-order valence-electron chi connectivity index (χ2n) is 12.3. The molecule has 0 fully saturated rings. The number of nitrogens with zero attached hydrogens (tertiary/aromatic N) is 3. The maximum atomic E-state index is 9.18. The molecule has 47 heavy (non-hydrogen) atoms. The summed E-state index contributed by atoms with van der Waals surface area (Å²) < 4.78 is 56.1. The number of pyridine rings is 3. The van der Waals surface area contributed by atoms with Crippen LogP contribution >= 0.6 is 0 Å². The number of aryl methyl sites for hydroxylation is 2. The molecule has 4 aromatic heterocycles. The zero-order valence-corrected chi connectivity index (χ0v) is 29.4. The number of hydrogen-bond acceptors (Lipinski definition) is 4. The van der Waals surface area contributed by atoms with Crippen LogP contribution in [0.1, 0.15) is 69.8 Å². The Kier molecular flexibility index (Phi) is 8.23. The van der Waals surface area contributed by atoms with E-state index in [9.17, 15) is 1.37 Å². The number of rotatable bonds is 5. The van der Waals surface area contributed by atoms with Crippen molar-refractivity contribution in [1.29, 1.82) is 0 Å². The zero-order chi connectivity index (χ0) is 37.5. The minimum atomic E-state index is -2.36. The molecule has 0 aliphatic carbocycles. The van der Waals surface area contributed by atoms with E-state index in [1.165, 1.54) is 11.6 Å². The van der Waals surface area contributed by atoms with E-state index in [0.29, 0.717) is 33.4 Å². The van der Waals surface area contributed by atoms with Gasteiger partial charge < -0.3 is 14.4 Å². The molecular weight excluding hydrogens is 755 g/mol. The van der Waals surface area contributed by atoms with Gasteiger partial charge in [-0.25, -0.2) is 4.98 Å². The summed E-state index contributed by atoms with van der Waals surface area (Å²) in [6, 6.07) is 35.6. The quantitative estimate of drug-likeness (QED) is 0.163. The van der Waals surface area contributed by atoms with Crippen molar-refractivity contribution in [3.05, 3.63) is 150 Å². The van der Waals surface area contributed by atoms with Gasteiger partial charge in [0.15, 0.2) is 0 Å². The van der Waals surface area contributed by atoms with E-state index in [1.807, 2.05) is 61.7 Å². The minimum Gasteiger partial charge on any atom is -0.486 e. The standard InChI is InChI=1S/C30H29N2O.C12H10N.Ir/c1-19(17-21-10-12-23(13-11-21)30(3,4)5)22-15-16-31-27(18-22)26-8-6-7-24-25-14-9-20(2)32-29(25)33-28(24)26;1-10-7-8-12(13-9-10)11-5-3-2-4-6-11;/h6-7,9-16,18-19H,17H2,1-5H3;2-5,7-9H,1H3;/q2*-1;/t19-;;/m1../s1/i2D3,17D2,19D;;. The monoisotopic (exact) mass is 800 g/mol. The van der Waals surface area contributed by atoms with Gasteiger partial charge in [0.2, 0.25) is 5.71 Å².